The van der Waals surface area contributed by atoms with E-state index >= 15 is 0 Å². The van der Waals surface area contributed by atoms with E-state index in [0.29, 0.717) is 17.8 Å². The van der Waals surface area contributed by atoms with E-state index in [0.717, 1.165) is 15.7 Å². The van der Waals surface area contributed by atoms with E-state index in [1.165, 1.54) is 4.52 Å². The Morgan fingerprint density at radius 2 is 2.05 bits per heavy atom. The Balaban J connectivity index is 2.11. The number of nitrogens with two attached hydrogens (primary N) is 1. The third-order valence-corrected chi connectivity index (χ3v) is 3.65. The number of nitrogen functional groups attached to an aromatic ring is 1. The number of hydrogen-bond donors (Lipinski definition) is 2. The Labute approximate surface area is 122 Å². The molecule has 102 valence electrons. The number of rotatable bonds is 2. The van der Waals surface area contributed by atoms with Gasteiger partial charge in [0.25, 0.3) is 5.56 Å². The van der Waals surface area contributed by atoms with Crippen molar-refractivity contribution in [2.45, 2.75) is 13.3 Å². The summed E-state index contributed by atoms with van der Waals surface area (Å²) in [5.41, 5.74) is 7.81. The highest BCUT2D eigenvalue weighted by atomic mass is 79.9. The zero-order chi connectivity index (χ0) is 14.3. The van der Waals surface area contributed by atoms with Crippen LogP contribution in [0.25, 0.3) is 5.78 Å². The van der Waals surface area contributed by atoms with Crippen LogP contribution < -0.4 is 11.3 Å². The van der Waals surface area contributed by atoms with Gasteiger partial charge in [0.2, 0.25) is 11.7 Å². The van der Waals surface area contributed by atoms with Crippen LogP contribution in [0.15, 0.2) is 33.5 Å². The number of aryl methyl sites for hydroxylation is 1. The standard InChI is InChI=1S/C13H12BrN5O/c1-7-10(6-8-2-4-9(14)5-3-8)11(20)19-13(16-7)17-12(15)18-19/h2-5H,6H2,1H3,(H3,15,16,17,18). The van der Waals surface area contributed by atoms with Gasteiger partial charge in [0.05, 0.1) is 0 Å². The van der Waals surface area contributed by atoms with Gasteiger partial charge in [-0.15, -0.1) is 5.10 Å². The maximum absolute atomic E-state index is 12.4. The van der Waals surface area contributed by atoms with Gasteiger partial charge >= 0.3 is 0 Å². The molecule has 0 bridgehead atoms. The minimum Gasteiger partial charge on any atom is -0.366 e. The summed E-state index contributed by atoms with van der Waals surface area (Å²) in [5.74, 6) is 0.447. The van der Waals surface area contributed by atoms with Crippen LogP contribution in [0.5, 0.6) is 0 Å². The van der Waals surface area contributed by atoms with Crippen LogP contribution in [0.1, 0.15) is 16.8 Å². The topological polar surface area (TPSA) is 89.1 Å². The third kappa shape index (κ3) is 2.20. The molecule has 2 heterocycles. The fourth-order valence-corrected chi connectivity index (χ4v) is 2.36. The number of fused-ring (bicyclic) bond motifs is 1. The first kappa shape index (κ1) is 12.9. The lowest BCUT2D eigenvalue weighted by atomic mass is 10.1. The van der Waals surface area contributed by atoms with Gasteiger partial charge in [-0.1, -0.05) is 28.1 Å². The molecule has 0 atom stereocenters. The number of hydrogen-bond acceptors (Lipinski definition) is 4. The Kier molecular flexibility index (Phi) is 3.06. The second-order valence-electron chi connectivity index (χ2n) is 4.54. The number of H-pyrrole nitrogens is 1. The van der Waals surface area contributed by atoms with Gasteiger partial charge in [0, 0.05) is 22.2 Å². The summed E-state index contributed by atoms with van der Waals surface area (Å²) in [4.78, 5) is 19.4. The molecule has 20 heavy (non-hydrogen) atoms. The van der Waals surface area contributed by atoms with Crippen LogP contribution in [0.3, 0.4) is 0 Å². The SMILES string of the molecule is Cc1[nH]c2nc(N)nn2c(=O)c1Cc1ccc(Br)cc1. The van der Waals surface area contributed by atoms with Crippen LogP contribution in [0.2, 0.25) is 0 Å². The predicted molar refractivity (Wildman–Crippen MR) is 79.7 cm³/mol. The van der Waals surface area contributed by atoms with Crippen molar-refractivity contribution in [1.82, 2.24) is 19.6 Å². The number of nitrogens with one attached hydrogen (secondary N) is 1. The molecule has 0 saturated heterocycles. The number of aromatic nitrogens is 4. The lowest BCUT2D eigenvalue weighted by Crippen LogP contribution is -2.22. The molecule has 0 fully saturated rings. The van der Waals surface area contributed by atoms with Crippen LogP contribution in [-0.2, 0) is 6.42 Å². The fourth-order valence-electron chi connectivity index (χ4n) is 2.10. The van der Waals surface area contributed by atoms with E-state index in [1.54, 1.807) is 0 Å². The molecule has 0 saturated carbocycles. The van der Waals surface area contributed by atoms with Gasteiger partial charge in [-0.2, -0.15) is 9.50 Å². The molecular weight excluding hydrogens is 322 g/mol. The molecule has 2 aromatic heterocycles. The van der Waals surface area contributed by atoms with Gasteiger partial charge in [0.15, 0.2) is 0 Å². The molecule has 0 spiro atoms. The number of aromatic amines is 1. The summed E-state index contributed by atoms with van der Waals surface area (Å²) in [6.07, 6.45) is 0.532. The molecule has 3 rings (SSSR count). The minimum atomic E-state index is -0.191. The van der Waals surface area contributed by atoms with E-state index < -0.39 is 0 Å². The first-order valence-corrected chi connectivity index (χ1v) is 6.82. The fraction of sp³-hybridized carbons (Fsp3) is 0.154. The maximum atomic E-state index is 12.4. The van der Waals surface area contributed by atoms with Gasteiger partial charge in [-0.25, -0.2) is 0 Å². The molecule has 0 aliphatic heterocycles. The first-order valence-electron chi connectivity index (χ1n) is 6.03. The zero-order valence-electron chi connectivity index (χ0n) is 10.7. The lowest BCUT2D eigenvalue weighted by molar-refractivity contribution is 0.861. The molecule has 6 nitrogen and oxygen atoms in total. The lowest BCUT2D eigenvalue weighted by Gasteiger charge is -2.06. The summed E-state index contributed by atoms with van der Waals surface area (Å²) >= 11 is 3.39. The van der Waals surface area contributed by atoms with Crippen molar-refractivity contribution < 1.29 is 0 Å². The van der Waals surface area contributed by atoms with E-state index in [2.05, 4.69) is 31.0 Å². The van der Waals surface area contributed by atoms with Crippen molar-refractivity contribution in [3.8, 4) is 0 Å². The molecule has 0 radical (unpaired) electrons. The molecule has 1 aromatic carbocycles. The summed E-state index contributed by atoms with van der Waals surface area (Å²) < 4.78 is 2.21. The maximum Gasteiger partial charge on any atom is 0.279 e. The largest absolute Gasteiger partial charge is 0.366 e. The van der Waals surface area contributed by atoms with Crippen LogP contribution >= 0.6 is 15.9 Å². The van der Waals surface area contributed by atoms with Crippen molar-refractivity contribution >= 4 is 27.7 Å². The summed E-state index contributed by atoms with van der Waals surface area (Å²) in [7, 11) is 0. The average molecular weight is 334 g/mol. The number of nitrogens with zero attached hydrogens (tertiary/aromatic N) is 3. The van der Waals surface area contributed by atoms with Crippen LogP contribution in [-0.4, -0.2) is 19.6 Å². The van der Waals surface area contributed by atoms with Gasteiger partial charge in [-0.05, 0) is 24.6 Å². The number of benzene rings is 1. The van der Waals surface area contributed by atoms with Gasteiger partial charge in [0.1, 0.15) is 0 Å². The van der Waals surface area contributed by atoms with E-state index in [9.17, 15) is 4.79 Å². The highest BCUT2D eigenvalue weighted by Crippen LogP contribution is 2.14. The Morgan fingerprint density at radius 1 is 1.35 bits per heavy atom. The second kappa shape index (κ2) is 4.75. The first-order chi connectivity index (χ1) is 9.54. The molecule has 3 N–H and O–H groups in total. The molecule has 0 aliphatic rings. The molecule has 0 amide bonds. The third-order valence-electron chi connectivity index (χ3n) is 3.12. The zero-order valence-corrected chi connectivity index (χ0v) is 12.3. The second-order valence-corrected chi connectivity index (χ2v) is 5.46. The number of halogens is 1. The molecule has 0 aliphatic carbocycles. The Morgan fingerprint density at radius 3 is 2.75 bits per heavy atom. The highest BCUT2D eigenvalue weighted by Gasteiger charge is 2.12. The molecule has 0 unspecified atom stereocenters. The van der Waals surface area contributed by atoms with Gasteiger partial charge < -0.3 is 10.7 Å². The minimum absolute atomic E-state index is 0.0820. The van der Waals surface area contributed by atoms with E-state index in [4.69, 9.17) is 5.73 Å². The van der Waals surface area contributed by atoms with Crippen molar-refractivity contribution in [3.05, 3.63) is 55.9 Å². The molecular formula is C13H12BrN5O. The molecule has 3 aromatic rings. The van der Waals surface area contributed by atoms with Crippen molar-refractivity contribution in [3.63, 3.8) is 0 Å². The molecule has 7 heteroatoms. The van der Waals surface area contributed by atoms with Crippen molar-refractivity contribution in [2.75, 3.05) is 5.73 Å². The van der Waals surface area contributed by atoms with Crippen LogP contribution in [0.4, 0.5) is 5.95 Å². The summed E-state index contributed by atoms with van der Waals surface area (Å²) in [5, 5.41) is 3.90. The van der Waals surface area contributed by atoms with Crippen molar-refractivity contribution in [2.24, 2.45) is 0 Å². The van der Waals surface area contributed by atoms with E-state index in [-0.39, 0.29) is 11.5 Å². The predicted octanol–water partition coefficient (Wildman–Crippen LogP) is 1.66. The van der Waals surface area contributed by atoms with Crippen molar-refractivity contribution in [1.29, 1.82) is 0 Å². The smallest absolute Gasteiger partial charge is 0.279 e. The van der Waals surface area contributed by atoms with Gasteiger partial charge in [-0.3, -0.25) is 4.79 Å². The summed E-state index contributed by atoms with van der Waals surface area (Å²) in [6, 6.07) is 7.85. The highest BCUT2D eigenvalue weighted by molar-refractivity contribution is 9.10. The average Bonchev–Trinajstić information content (AvgIpc) is 2.77. The quantitative estimate of drug-likeness (QED) is 0.746. The Hall–Kier alpha value is -2.15. The monoisotopic (exact) mass is 333 g/mol. The normalized spacial score (nSPS) is 11.1. The van der Waals surface area contributed by atoms with E-state index in [1.807, 2.05) is 31.2 Å². The Bertz CT molecular complexity index is 834. The number of anilines is 1. The summed E-state index contributed by atoms with van der Waals surface area (Å²) in [6.45, 7) is 1.85. The van der Waals surface area contributed by atoms with Crippen LogP contribution in [0, 0.1) is 6.92 Å².